The lowest BCUT2D eigenvalue weighted by Crippen LogP contribution is -2.33. The molecule has 0 spiro atoms. The molecule has 1 aromatic heterocycles. The van der Waals surface area contributed by atoms with Crippen molar-refractivity contribution in [2.75, 3.05) is 6.54 Å². The lowest BCUT2D eigenvalue weighted by Gasteiger charge is -2.19. The van der Waals surface area contributed by atoms with E-state index in [1.165, 1.54) is 56.9 Å². The number of ether oxygens (including phenoxy) is 1. The van der Waals surface area contributed by atoms with Crippen molar-refractivity contribution >= 4 is 17.2 Å². The van der Waals surface area contributed by atoms with Crippen molar-refractivity contribution in [2.24, 2.45) is 0 Å². The van der Waals surface area contributed by atoms with Gasteiger partial charge in [-0.05, 0) is 51.3 Å². The van der Waals surface area contributed by atoms with Crippen LogP contribution in [0, 0.1) is 0 Å². The molecule has 0 aliphatic heterocycles. The van der Waals surface area contributed by atoms with Gasteiger partial charge in [0.1, 0.15) is 11.1 Å². The van der Waals surface area contributed by atoms with Gasteiger partial charge >= 0.3 is 6.09 Å². The molecule has 162 valence electrons. The maximum atomic E-state index is 11.7. The Labute approximate surface area is 175 Å². The number of benzene rings is 1. The van der Waals surface area contributed by atoms with Gasteiger partial charge in [-0.15, -0.1) is 0 Å². The van der Waals surface area contributed by atoms with Crippen molar-refractivity contribution in [1.29, 1.82) is 0 Å². The second kappa shape index (κ2) is 11.8. The fraction of sp³-hybridized carbons (Fsp3) is 0.667. The zero-order valence-corrected chi connectivity index (χ0v) is 18.7. The Morgan fingerprint density at radius 2 is 1.72 bits per heavy atom. The minimum absolute atomic E-state index is 0.415. The van der Waals surface area contributed by atoms with E-state index in [0.29, 0.717) is 18.9 Å². The van der Waals surface area contributed by atoms with Gasteiger partial charge in [0.2, 0.25) is 0 Å². The van der Waals surface area contributed by atoms with Gasteiger partial charge in [0.25, 0.3) is 0 Å². The first-order valence-electron chi connectivity index (χ1n) is 11.2. The predicted molar refractivity (Wildman–Crippen MR) is 118 cm³/mol. The van der Waals surface area contributed by atoms with E-state index in [1.807, 2.05) is 26.8 Å². The third-order valence-corrected chi connectivity index (χ3v) is 4.82. The molecule has 0 aliphatic rings. The van der Waals surface area contributed by atoms with Gasteiger partial charge in [0.15, 0.2) is 11.5 Å². The van der Waals surface area contributed by atoms with E-state index < -0.39 is 11.7 Å². The summed E-state index contributed by atoms with van der Waals surface area (Å²) in [5, 5.41) is 2.74. The van der Waals surface area contributed by atoms with Crippen LogP contribution in [0.25, 0.3) is 11.1 Å². The lowest BCUT2D eigenvalue weighted by atomic mass is 10.0. The van der Waals surface area contributed by atoms with E-state index in [0.717, 1.165) is 17.5 Å². The largest absolute Gasteiger partial charge is 0.444 e. The first kappa shape index (κ1) is 23.2. The monoisotopic (exact) mass is 402 g/mol. The van der Waals surface area contributed by atoms with Gasteiger partial charge in [-0.2, -0.15) is 0 Å². The molecule has 1 amide bonds. The van der Waals surface area contributed by atoms with Crippen LogP contribution in [-0.4, -0.2) is 23.2 Å². The second-order valence-corrected chi connectivity index (χ2v) is 8.81. The average Bonchev–Trinajstić information content (AvgIpc) is 3.04. The van der Waals surface area contributed by atoms with E-state index in [4.69, 9.17) is 9.15 Å². The molecule has 0 aliphatic carbocycles. The third-order valence-electron chi connectivity index (χ3n) is 4.82. The average molecular weight is 403 g/mol. The number of oxazole rings is 1. The summed E-state index contributed by atoms with van der Waals surface area (Å²) >= 11 is 0. The lowest BCUT2D eigenvalue weighted by molar-refractivity contribution is 0.0528. The highest BCUT2D eigenvalue weighted by atomic mass is 16.6. The Hall–Kier alpha value is -2.04. The maximum Gasteiger partial charge on any atom is 0.407 e. The van der Waals surface area contributed by atoms with E-state index in [9.17, 15) is 4.79 Å². The SMILES string of the molecule is CCCCCCCCCCc1ccc2nc(CCNC(=O)OC(C)(C)C)oc2c1. The number of unbranched alkanes of at least 4 members (excludes halogenated alkanes) is 7. The number of aryl methyl sites for hydroxylation is 1. The van der Waals surface area contributed by atoms with Crippen LogP contribution >= 0.6 is 0 Å². The fourth-order valence-electron chi connectivity index (χ4n) is 3.33. The highest BCUT2D eigenvalue weighted by Crippen LogP contribution is 2.19. The standard InChI is InChI=1S/C24H38N2O3/c1-5-6-7-8-9-10-11-12-13-19-14-15-20-21(18-19)28-22(26-20)16-17-25-23(27)29-24(2,3)4/h14-15,18H,5-13,16-17H2,1-4H3,(H,25,27). The van der Waals surface area contributed by atoms with Crippen molar-refractivity contribution < 1.29 is 13.9 Å². The van der Waals surface area contributed by atoms with Gasteiger partial charge in [-0.1, -0.05) is 57.9 Å². The molecule has 0 unspecified atom stereocenters. The van der Waals surface area contributed by atoms with Crippen LogP contribution in [0.15, 0.2) is 22.6 Å². The van der Waals surface area contributed by atoms with Gasteiger partial charge in [0.05, 0.1) is 0 Å². The number of nitrogens with one attached hydrogen (secondary N) is 1. The Morgan fingerprint density at radius 3 is 2.41 bits per heavy atom. The maximum absolute atomic E-state index is 11.7. The highest BCUT2D eigenvalue weighted by molar-refractivity contribution is 5.73. The summed E-state index contributed by atoms with van der Waals surface area (Å²) in [6.45, 7) is 8.23. The molecule has 0 radical (unpaired) electrons. The molecule has 2 rings (SSSR count). The molecule has 0 fully saturated rings. The van der Waals surface area contributed by atoms with E-state index in [2.05, 4.69) is 29.4 Å². The van der Waals surface area contributed by atoms with Crippen LogP contribution in [0.1, 0.15) is 90.5 Å². The quantitative estimate of drug-likeness (QED) is 0.407. The van der Waals surface area contributed by atoms with Crippen LogP contribution in [0.5, 0.6) is 0 Å². The van der Waals surface area contributed by atoms with E-state index >= 15 is 0 Å². The van der Waals surface area contributed by atoms with Crippen molar-refractivity contribution in [3.8, 4) is 0 Å². The number of amides is 1. The normalized spacial score (nSPS) is 11.7. The molecule has 0 bridgehead atoms. The number of nitrogens with zero attached hydrogens (tertiary/aromatic N) is 1. The highest BCUT2D eigenvalue weighted by Gasteiger charge is 2.16. The zero-order chi connectivity index (χ0) is 21.1. The van der Waals surface area contributed by atoms with Crippen LogP contribution in [0.3, 0.4) is 0 Å². The topological polar surface area (TPSA) is 64.4 Å². The molecule has 0 atom stereocenters. The van der Waals surface area contributed by atoms with E-state index in [1.54, 1.807) is 0 Å². The third kappa shape index (κ3) is 9.33. The molecule has 0 saturated heterocycles. The second-order valence-electron chi connectivity index (χ2n) is 8.81. The number of carbonyl (C=O) groups excluding carboxylic acids is 1. The molecular weight excluding hydrogens is 364 g/mol. The molecule has 1 aromatic carbocycles. The van der Waals surface area contributed by atoms with Gasteiger partial charge in [-0.3, -0.25) is 0 Å². The Morgan fingerprint density at radius 1 is 1.03 bits per heavy atom. The summed E-state index contributed by atoms with van der Waals surface area (Å²) in [6, 6.07) is 6.28. The summed E-state index contributed by atoms with van der Waals surface area (Å²) in [5.74, 6) is 0.639. The molecule has 1 N–H and O–H groups in total. The molecule has 0 saturated carbocycles. The number of alkyl carbamates (subject to hydrolysis) is 1. The summed E-state index contributed by atoms with van der Waals surface area (Å²) in [7, 11) is 0. The van der Waals surface area contributed by atoms with Crippen LogP contribution in [0.4, 0.5) is 4.79 Å². The molecule has 5 heteroatoms. The van der Waals surface area contributed by atoms with Crippen molar-refractivity contribution in [3.05, 3.63) is 29.7 Å². The summed E-state index contributed by atoms with van der Waals surface area (Å²) in [4.78, 5) is 16.2. The van der Waals surface area contributed by atoms with Crippen molar-refractivity contribution in [1.82, 2.24) is 10.3 Å². The smallest absolute Gasteiger partial charge is 0.407 e. The zero-order valence-electron chi connectivity index (χ0n) is 18.7. The molecule has 29 heavy (non-hydrogen) atoms. The van der Waals surface area contributed by atoms with Crippen LogP contribution in [0.2, 0.25) is 0 Å². The number of hydrogen-bond donors (Lipinski definition) is 1. The van der Waals surface area contributed by atoms with Crippen molar-refractivity contribution in [3.63, 3.8) is 0 Å². The van der Waals surface area contributed by atoms with Gasteiger partial charge in [-0.25, -0.2) is 9.78 Å². The van der Waals surface area contributed by atoms with Gasteiger partial charge < -0.3 is 14.5 Å². The fourth-order valence-corrected chi connectivity index (χ4v) is 3.33. The first-order valence-corrected chi connectivity index (χ1v) is 11.2. The number of aromatic nitrogens is 1. The van der Waals surface area contributed by atoms with Crippen molar-refractivity contribution in [2.45, 2.75) is 97.5 Å². The molecule has 2 aromatic rings. The Kier molecular flexibility index (Phi) is 9.49. The summed E-state index contributed by atoms with van der Waals surface area (Å²) < 4.78 is 11.1. The number of carbonyl (C=O) groups is 1. The number of hydrogen-bond acceptors (Lipinski definition) is 4. The predicted octanol–water partition coefficient (Wildman–Crippen LogP) is 6.58. The van der Waals surface area contributed by atoms with Gasteiger partial charge in [0, 0.05) is 13.0 Å². The first-order chi connectivity index (χ1) is 13.9. The minimum Gasteiger partial charge on any atom is -0.444 e. The van der Waals surface area contributed by atoms with Crippen LogP contribution < -0.4 is 5.32 Å². The molecule has 5 nitrogen and oxygen atoms in total. The molecular formula is C24H38N2O3. The number of rotatable bonds is 12. The van der Waals surface area contributed by atoms with Crippen LogP contribution in [-0.2, 0) is 17.6 Å². The Bertz CT molecular complexity index is 746. The Balaban J connectivity index is 1.71. The van der Waals surface area contributed by atoms with E-state index in [-0.39, 0.29) is 0 Å². The number of fused-ring (bicyclic) bond motifs is 1. The summed E-state index contributed by atoms with van der Waals surface area (Å²) in [5.41, 5.74) is 2.51. The minimum atomic E-state index is -0.493. The molecule has 1 heterocycles. The summed E-state index contributed by atoms with van der Waals surface area (Å²) in [6.07, 6.45) is 11.9.